The average molecular weight is 545 g/mol. The summed E-state index contributed by atoms with van der Waals surface area (Å²) in [6.07, 6.45) is 6.32. The molecule has 0 saturated carbocycles. The summed E-state index contributed by atoms with van der Waals surface area (Å²) in [7, 11) is 1.64. The van der Waals surface area contributed by atoms with Gasteiger partial charge in [0.2, 0.25) is 11.8 Å². The Labute approximate surface area is 210 Å². The van der Waals surface area contributed by atoms with Gasteiger partial charge in [-0.3, -0.25) is 9.59 Å². The molecule has 4 rings (SSSR count). The molecule has 1 aromatic heterocycles. The number of fused-ring (bicyclic) bond motifs is 1. The molecule has 2 aromatic carbocycles. The van der Waals surface area contributed by atoms with Crippen LogP contribution in [0.25, 0.3) is 17.0 Å². The van der Waals surface area contributed by atoms with Gasteiger partial charge in [-0.05, 0) is 95.8 Å². The number of hydrogen-bond donors (Lipinski definition) is 3. The number of likely N-dealkylation sites (N-methyl/N-ethyl adjacent to an activating group) is 1. The molecule has 2 amide bonds. The summed E-state index contributed by atoms with van der Waals surface area (Å²) in [6, 6.07) is 9.06. The molecular weight excluding hydrogens is 518 g/mol. The fourth-order valence-electron chi connectivity index (χ4n) is 4.49. The number of carbonyl (C=O) groups excluding carboxylic acids is 2. The largest absolute Gasteiger partial charge is 0.361 e. The summed E-state index contributed by atoms with van der Waals surface area (Å²) in [6.45, 7) is 1.59. The van der Waals surface area contributed by atoms with Gasteiger partial charge in [0.15, 0.2) is 0 Å². The molecular formula is C26H27BrF2N4O2. The number of nitrogens with one attached hydrogen (secondary N) is 3. The lowest BCUT2D eigenvalue weighted by Crippen LogP contribution is -2.63. The Morgan fingerprint density at radius 3 is 2.69 bits per heavy atom. The molecule has 6 nitrogen and oxygen atoms in total. The van der Waals surface area contributed by atoms with Crippen LogP contribution in [-0.4, -0.2) is 53.9 Å². The van der Waals surface area contributed by atoms with E-state index in [1.165, 1.54) is 29.2 Å². The molecule has 3 N–H and O–H groups in total. The zero-order valence-electron chi connectivity index (χ0n) is 19.3. The number of nitrogens with zero attached hydrogens (tertiary/aromatic N) is 1. The molecule has 1 aliphatic heterocycles. The van der Waals surface area contributed by atoms with Gasteiger partial charge in [0.25, 0.3) is 0 Å². The number of carbonyl (C=O) groups is 2. The Balaban J connectivity index is 1.44. The van der Waals surface area contributed by atoms with Crippen LogP contribution in [0.4, 0.5) is 8.78 Å². The third-order valence-electron chi connectivity index (χ3n) is 6.60. The van der Waals surface area contributed by atoms with Crippen LogP contribution < -0.4 is 10.6 Å². The number of halogens is 3. The van der Waals surface area contributed by atoms with E-state index in [0.29, 0.717) is 48.9 Å². The number of piperidine rings is 1. The molecule has 1 saturated heterocycles. The minimum absolute atomic E-state index is 0.209. The maximum atomic E-state index is 13.7. The highest BCUT2D eigenvalue weighted by atomic mass is 79.9. The van der Waals surface area contributed by atoms with Gasteiger partial charge >= 0.3 is 0 Å². The predicted octanol–water partition coefficient (Wildman–Crippen LogP) is 4.16. The van der Waals surface area contributed by atoms with Crippen molar-refractivity contribution < 1.29 is 18.4 Å². The van der Waals surface area contributed by atoms with Gasteiger partial charge in [-0.25, -0.2) is 8.78 Å². The molecule has 3 aromatic rings. The first-order valence-electron chi connectivity index (χ1n) is 11.5. The number of benzene rings is 2. The zero-order chi connectivity index (χ0) is 25.0. The Morgan fingerprint density at radius 1 is 1.17 bits per heavy atom. The first kappa shape index (κ1) is 25.1. The molecule has 1 fully saturated rings. The van der Waals surface area contributed by atoms with Crippen LogP contribution in [0, 0.1) is 11.6 Å². The number of H-pyrrole nitrogens is 1. The highest BCUT2D eigenvalue weighted by Crippen LogP contribution is 2.27. The van der Waals surface area contributed by atoms with Crippen molar-refractivity contribution in [2.75, 3.05) is 26.7 Å². The monoisotopic (exact) mass is 544 g/mol. The topological polar surface area (TPSA) is 77.2 Å². The Kier molecular flexibility index (Phi) is 7.66. The predicted molar refractivity (Wildman–Crippen MR) is 136 cm³/mol. The van der Waals surface area contributed by atoms with Crippen LogP contribution in [0.5, 0.6) is 0 Å². The van der Waals surface area contributed by atoms with Crippen molar-refractivity contribution in [3.63, 3.8) is 0 Å². The van der Waals surface area contributed by atoms with Crippen LogP contribution in [0.2, 0.25) is 0 Å². The van der Waals surface area contributed by atoms with Crippen molar-refractivity contribution in [1.29, 1.82) is 0 Å². The van der Waals surface area contributed by atoms with Gasteiger partial charge in [0.1, 0.15) is 17.2 Å². The maximum Gasteiger partial charge on any atom is 0.247 e. The van der Waals surface area contributed by atoms with Gasteiger partial charge < -0.3 is 20.5 Å². The van der Waals surface area contributed by atoms with Crippen molar-refractivity contribution in [2.45, 2.75) is 24.8 Å². The van der Waals surface area contributed by atoms with Crippen LogP contribution in [0.3, 0.4) is 0 Å². The van der Waals surface area contributed by atoms with Crippen molar-refractivity contribution >= 4 is 44.7 Å². The summed E-state index contributed by atoms with van der Waals surface area (Å²) in [5.74, 6) is -1.21. The first-order valence-corrected chi connectivity index (χ1v) is 12.2. The van der Waals surface area contributed by atoms with Crippen molar-refractivity contribution in [1.82, 2.24) is 20.5 Å². The second kappa shape index (κ2) is 10.7. The van der Waals surface area contributed by atoms with Crippen molar-refractivity contribution in [3.05, 3.63) is 75.9 Å². The Bertz CT molecular complexity index is 1270. The summed E-state index contributed by atoms with van der Waals surface area (Å²) < 4.78 is 27.5. The van der Waals surface area contributed by atoms with E-state index in [0.717, 1.165) is 16.5 Å². The number of aromatic amines is 1. The lowest BCUT2D eigenvalue weighted by Gasteiger charge is -2.43. The van der Waals surface area contributed by atoms with E-state index in [1.807, 2.05) is 6.20 Å². The lowest BCUT2D eigenvalue weighted by atomic mass is 9.85. The molecule has 0 atom stereocenters. The van der Waals surface area contributed by atoms with Crippen molar-refractivity contribution in [3.8, 4) is 0 Å². The lowest BCUT2D eigenvalue weighted by molar-refractivity contribution is -0.144. The SMILES string of the molecule is CN(C(=O)C=Cc1ccc(F)c(Br)c1)C1(C(=O)NCCc2c[nH]c3ccc(F)cc23)CCNCC1. The molecule has 2 heterocycles. The molecule has 184 valence electrons. The van der Waals surface area contributed by atoms with Crippen LogP contribution in [0.1, 0.15) is 24.0 Å². The maximum absolute atomic E-state index is 13.7. The first-order chi connectivity index (χ1) is 16.8. The summed E-state index contributed by atoms with van der Waals surface area (Å²) in [4.78, 5) is 31.0. The van der Waals surface area contributed by atoms with E-state index in [9.17, 15) is 18.4 Å². The summed E-state index contributed by atoms with van der Waals surface area (Å²) in [5.41, 5.74) is 1.44. The molecule has 0 unspecified atom stereocenters. The zero-order valence-corrected chi connectivity index (χ0v) is 20.9. The van der Waals surface area contributed by atoms with E-state index >= 15 is 0 Å². The number of amides is 2. The molecule has 0 radical (unpaired) electrons. The number of hydrogen-bond acceptors (Lipinski definition) is 3. The van der Waals surface area contributed by atoms with E-state index in [2.05, 4.69) is 31.5 Å². The van der Waals surface area contributed by atoms with Crippen LogP contribution in [0.15, 0.2) is 53.1 Å². The number of rotatable bonds is 7. The standard InChI is InChI=1S/C26H27BrF2N4O2/c1-33(24(34)7-3-17-2-5-22(29)21(27)14-17)26(9-12-30-13-10-26)25(35)31-11-8-18-16-32-23-6-4-19(28)15-20(18)23/h2-7,14-16,30,32H,8-13H2,1H3,(H,31,35). The van der Waals surface area contributed by atoms with E-state index < -0.39 is 5.54 Å². The molecule has 35 heavy (non-hydrogen) atoms. The molecule has 9 heteroatoms. The second-order valence-electron chi connectivity index (χ2n) is 8.70. The highest BCUT2D eigenvalue weighted by Gasteiger charge is 2.44. The average Bonchev–Trinajstić information content (AvgIpc) is 3.26. The van der Waals surface area contributed by atoms with Crippen molar-refractivity contribution in [2.24, 2.45) is 0 Å². The van der Waals surface area contributed by atoms with Gasteiger partial charge in [0, 0.05) is 36.8 Å². The van der Waals surface area contributed by atoms with Gasteiger partial charge in [-0.1, -0.05) is 6.07 Å². The second-order valence-corrected chi connectivity index (χ2v) is 9.55. The van der Waals surface area contributed by atoms with Gasteiger partial charge in [0.05, 0.1) is 4.47 Å². The minimum Gasteiger partial charge on any atom is -0.361 e. The highest BCUT2D eigenvalue weighted by molar-refractivity contribution is 9.10. The van der Waals surface area contributed by atoms with E-state index in [4.69, 9.17) is 0 Å². The van der Waals surface area contributed by atoms with E-state index in [1.54, 1.807) is 31.3 Å². The van der Waals surface area contributed by atoms with Crippen LogP contribution in [-0.2, 0) is 16.0 Å². The third-order valence-corrected chi connectivity index (χ3v) is 7.21. The Hall–Kier alpha value is -3.04. The van der Waals surface area contributed by atoms with E-state index in [-0.39, 0.29) is 23.4 Å². The quantitative estimate of drug-likeness (QED) is 0.391. The molecule has 0 aliphatic carbocycles. The summed E-state index contributed by atoms with van der Waals surface area (Å²) >= 11 is 3.14. The van der Waals surface area contributed by atoms with Gasteiger partial charge in [-0.2, -0.15) is 0 Å². The molecule has 0 spiro atoms. The van der Waals surface area contributed by atoms with Gasteiger partial charge in [-0.15, -0.1) is 0 Å². The fourth-order valence-corrected chi connectivity index (χ4v) is 4.89. The fraction of sp³-hybridized carbons (Fsp3) is 0.308. The molecule has 0 bridgehead atoms. The third kappa shape index (κ3) is 5.46. The number of aromatic nitrogens is 1. The molecule has 1 aliphatic rings. The minimum atomic E-state index is -0.984. The summed E-state index contributed by atoms with van der Waals surface area (Å²) in [5, 5.41) is 7.03. The smallest absolute Gasteiger partial charge is 0.247 e. The Morgan fingerprint density at radius 2 is 1.94 bits per heavy atom. The normalized spacial score (nSPS) is 15.4. The van der Waals surface area contributed by atoms with Crippen LogP contribution >= 0.6 is 15.9 Å².